The summed E-state index contributed by atoms with van der Waals surface area (Å²) < 4.78 is 15.0. The van der Waals surface area contributed by atoms with Gasteiger partial charge in [-0.05, 0) is 53.7 Å². The van der Waals surface area contributed by atoms with Crippen LogP contribution in [-0.2, 0) is 7.05 Å². The number of aryl methyl sites for hydroxylation is 2. The van der Waals surface area contributed by atoms with E-state index in [4.69, 9.17) is 9.47 Å². The minimum atomic E-state index is 0.0785. The maximum atomic E-state index is 6.56. The number of nitrogens with one attached hydrogen (secondary N) is 1. The largest absolute Gasteiger partial charge is 0.458 e. The van der Waals surface area contributed by atoms with Crippen LogP contribution in [-0.4, -0.2) is 11.7 Å². The van der Waals surface area contributed by atoms with Crippen LogP contribution in [0.25, 0.3) is 22.4 Å². The Morgan fingerprint density at radius 3 is 2.38 bits per heavy atom. The molecule has 5 heteroatoms. The number of benzene rings is 4. The highest BCUT2D eigenvalue weighted by Gasteiger charge is 2.41. The van der Waals surface area contributed by atoms with Crippen LogP contribution < -0.4 is 30.4 Å². The summed E-state index contributed by atoms with van der Waals surface area (Å²) in [6.07, 6.45) is 0. The standard InChI is InChI=1S/C27H19BN2O2/c1-16-8-3-4-9-17(16)27-29-25-20(30(27)2)15-14-19-26(25)32-23-13-7-12-22-24(23)28(19)18-10-5-6-11-21(18)31-22/h3-15H,1-2H3/p+1. The summed E-state index contributed by atoms with van der Waals surface area (Å²) in [6, 6.07) is 27.2. The van der Waals surface area contributed by atoms with Gasteiger partial charge in [-0.3, -0.25) is 0 Å². The highest BCUT2D eigenvalue weighted by molar-refractivity contribution is 6.98. The Bertz CT molecular complexity index is 1570. The molecule has 0 saturated carbocycles. The molecule has 0 bridgehead atoms. The molecular formula is C27H20BN2O2+. The Morgan fingerprint density at radius 2 is 1.50 bits per heavy atom. The number of aromatic amines is 1. The molecule has 4 aromatic carbocycles. The van der Waals surface area contributed by atoms with Crippen LogP contribution in [0.4, 0.5) is 0 Å². The van der Waals surface area contributed by atoms with Gasteiger partial charge in [-0.15, -0.1) is 0 Å². The van der Waals surface area contributed by atoms with Gasteiger partial charge in [0.2, 0.25) is 5.52 Å². The van der Waals surface area contributed by atoms with Crippen molar-refractivity contribution in [3.05, 3.63) is 84.4 Å². The molecule has 0 unspecified atom stereocenters. The van der Waals surface area contributed by atoms with Gasteiger partial charge in [-0.1, -0.05) is 48.5 Å². The van der Waals surface area contributed by atoms with Crippen molar-refractivity contribution in [2.24, 2.45) is 7.05 Å². The molecule has 0 atom stereocenters. The summed E-state index contributed by atoms with van der Waals surface area (Å²) in [5.41, 5.74) is 7.99. The van der Waals surface area contributed by atoms with E-state index in [0.29, 0.717) is 0 Å². The number of nitrogens with zero attached hydrogens (tertiary/aromatic N) is 1. The van der Waals surface area contributed by atoms with E-state index in [1.807, 2.05) is 30.3 Å². The van der Waals surface area contributed by atoms with Gasteiger partial charge in [0.05, 0.1) is 12.6 Å². The second-order valence-corrected chi connectivity index (χ2v) is 8.57. The van der Waals surface area contributed by atoms with Crippen LogP contribution in [0.5, 0.6) is 23.0 Å². The number of ether oxygens (including phenoxy) is 2. The van der Waals surface area contributed by atoms with E-state index in [9.17, 15) is 0 Å². The molecular weight excluding hydrogens is 395 g/mol. The summed E-state index contributed by atoms with van der Waals surface area (Å²) in [7, 11) is 2.10. The molecule has 5 aromatic rings. The number of para-hydroxylation sites is 1. The number of hydrogen-bond acceptors (Lipinski definition) is 2. The summed E-state index contributed by atoms with van der Waals surface area (Å²) >= 11 is 0. The molecule has 3 heterocycles. The number of imidazole rings is 1. The highest BCUT2D eigenvalue weighted by atomic mass is 16.5. The molecule has 2 aliphatic heterocycles. The Labute approximate surface area is 186 Å². The Morgan fingerprint density at radius 1 is 0.750 bits per heavy atom. The Balaban J connectivity index is 1.52. The van der Waals surface area contributed by atoms with Crippen molar-refractivity contribution in [1.82, 2.24) is 4.98 Å². The Kier molecular flexibility index (Phi) is 3.46. The van der Waals surface area contributed by atoms with Gasteiger partial charge in [0.15, 0.2) is 11.3 Å². The molecule has 152 valence electrons. The molecule has 0 aliphatic carbocycles. The fraction of sp³-hybridized carbons (Fsp3) is 0.0741. The maximum Gasteiger partial charge on any atom is 0.287 e. The molecule has 7 rings (SSSR count). The van der Waals surface area contributed by atoms with Crippen molar-refractivity contribution in [3.63, 3.8) is 0 Å². The topological polar surface area (TPSA) is 38.1 Å². The number of aromatic nitrogens is 2. The second kappa shape index (κ2) is 6.27. The smallest absolute Gasteiger partial charge is 0.287 e. The number of rotatable bonds is 1. The third kappa shape index (κ3) is 2.25. The summed E-state index contributed by atoms with van der Waals surface area (Å²) in [5.74, 6) is 4.60. The molecule has 32 heavy (non-hydrogen) atoms. The first kappa shape index (κ1) is 17.7. The van der Waals surface area contributed by atoms with E-state index in [1.54, 1.807) is 0 Å². The van der Waals surface area contributed by atoms with Crippen molar-refractivity contribution in [3.8, 4) is 34.4 Å². The number of H-pyrrole nitrogens is 1. The van der Waals surface area contributed by atoms with E-state index in [-0.39, 0.29) is 6.71 Å². The number of hydrogen-bond donors (Lipinski definition) is 1. The molecule has 0 saturated heterocycles. The van der Waals surface area contributed by atoms with Gasteiger partial charge in [0.25, 0.3) is 12.5 Å². The SMILES string of the molecule is Cc1ccccc1-c1[nH]c2c3c(ccc2[n+]1C)B1c2ccccc2Oc2cccc(c21)O3. The first-order valence-corrected chi connectivity index (χ1v) is 10.9. The fourth-order valence-electron chi connectivity index (χ4n) is 5.24. The van der Waals surface area contributed by atoms with Crippen molar-refractivity contribution in [1.29, 1.82) is 0 Å². The third-order valence-corrected chi connectivity index (χ3v) is 6.79. The quantitative estimate of drug-likeness (QED) is 0.328. The number of fused-ring (bicyclic) bond motifs is 6. The Hall–Kier alpha value is -3.99. The minimum absolute atomic E-state index is 0.0785. The first-order chi connectivity index (χ1) is 15.7. The van der Waals surface area contributed by atoms with Crippen LogP contribution in [0.2, 0.25) is 0 Å². The summed E-state index contributed by atoms with van der Waals surface area (Å²) in [6.45, 7) is 2.22. The zero-order valence-electron chi connectivity index (χ0n) is 17.8. The van der Waals surface area contributed by atoms with Crippen LogP contribution in [0.1, 0.15) is 5.56 Å². The summed E-state index contributed by atoms with van der Waals surface area (Å²) in [5, 5.41) is 0. The van der Waals surface area contributed by atoms with Gasteiger partial charge in [-0.2, -0.15) is 0 Å². The molecule has 4 nitrogen and oxygen atoms in total. The molecule has 0 radical (unpaired) electrons. The van der Waals surface area contributed by atoms with Gasteiger partial charge < -0.3 is 9.47 Å². The van der Waals surface area contributed by atoms with Crippen molar-refractivity contribution < 1.29 is 14.0 Å². The minimum Gasteiger partial charge on any atom is -0.458 e. The van der Waals surface area contributed by atoms with E-state index >= 15 is 0 Å². The molecule has 1 aromatic heterocycles. The van der Waals surface area contributed by atoms with Crippen molar-refractivity contribution in [2.75, 3.05) is 0 Å². The first-order valence-electron chi connectivity index (χ1n) is 10.9. The normalized spacial score (nSPS) is 13.1. The lowest BCUT2D eigenvalue weighted by Gasteiger charge is -2.32. The second-order valence-electron chi connectivity index (χ2n) is 8.57. The van der Waals surface area contributed by atoms with Crippen LogP contribution in [0.3, 0.4) is 0 Å². The lowest BCUT2D eigenvalue weighted by Crippen LogP contribution is -2.57. The molecule has 2 aliphatic rings. The van der Waals surface area contributed by atoms with E-state index in [2.05, 4.69) is 72.1 Å². The van der Waals surface area contributed by atoms with Gasteiger partial charge >= 0.3 is 0 Å². The fourth-order valence-corrected chi connectivity index (χ4v) is 5.24. The maximum absolute atomic E-state index is 6.56. The van der Waals surface area contributed by atoms with Crippen LogP contribution in [0.15, 0.2) is 78.9 Å². The zero-order valence-corrected chi connectivity index (χ0v) is 17.8. The lowest BCUT2D eigenvalue weighted by atomic mass is 9.35. The molecule has 0 fully saturated rings. The van der Waals surface area contributed by atoms with Gasteiger partial charge in [0, 0.05) is 5.46 Å². The lowest BCUT2D eigenvalue weighted by molar-refractivity contribution is -0.633. The zero-order chi connectivity index (χ0) is 21.4. The predicted molar refractivity (Wildman–Crippen MR) is 127 cm³/mol. The van der Waals surface area contributed by atoms with Gasteiger partial charge in [-0.25, -0.2) is 9.55 Å². The van der Waals surface area contributed by atoms with E-state index in [1.165, 1.54) is 16.6 Å². The van der Waals surface area contributed by atoms with Crippen molar-refractivity contribution >= 4 is 34.1 Å². The molecule has 0 amide bonds. The van der Waals surface area contributed by atoms with Crippen LogP contribution >= 0.6 is 0 Å². The molecule has 0 spiro atoms. The average Bonchev–Trinajstić information content (AvgIpc) is 3.16. The third-order valence-electron chi connectivity index (χ3n) is 6.79. The highest BCUT2D eigenvalue weighted by Crippen LogP contribution is 2.37. The van der Waals surface area contributed by atoms with E-state index < -0.39 is 0 Å². The van der Waals surface area contributed by atoms with Gasteiger partial charge in [0.1, 0.15) is 17.2 Å². The average molecular weight is 415 g/mol. The van der Waals surface area contributed by atoms with E-state index in [0.717, 1.165) is 50.8 Å². The predicted octanol–water partition coefficient (Wildman–Crippen LogP) is 3.70. The monoisotopic (exact) mass is 415 g/mol. The van der Waals surface area contributed by atoms with Crippen molar-refractivity contribution in [2.45, 2.75) is 6.92 Å². The van der Waals surface area contributed by atoms with Crippen LogP contribution in [0, 0.1) is 6.92 Å². The summed E-state index contributed by atoms with van der Waals surface area (Å²) in [4.78, 5) is 3.69. The molecule has 1 N–H and O–H groups in total.